The van der Waals surface area contributed by atoms with Crippen LogP contribution in [0, 0.1) is 0 Å². The summed E-state index contributed by atoms with van der Waals surface area (Å²) in [6.07, 6.45) is 4.68. The van der Waals surface area contributed by atoms with E-state index in [-0.39, 0.29) is 6.10 Å². The zero-order chi connectivity index (χ0) is 9.97. The van der Waals surface area contributed by atoms with Gasteiger partial charge in [0, 0.05) is 19.2 Å². The number of rotatable bonds is 2. The van der Waals surface area contributed by atoms with Crippen molar-refractivity contribution in [3.63, 3.8) is 0 Å². The molecule has 1 atom stereocenters. The molecule has 4 heteroatoms. The number of likely N-dealkylation sites (N-methyl/N-ethyl adjacent to an activating group) is 1. The SMILES string of the molecule is CN1CCC(Oc2cncc(N)c2)C1. The van der Waals surface area contributed by atoms with Crippen LogP contribution in [0.5, 0.6) is 5.75 Å². The fraction of sp³-hybridized carbons (Fsp3) is 0.500. The van der Waals surface area contributed by atoms with E-state index in [2.05, 4.69) is 16.9 Å². The fourth-order valence-electron chi connectivity index (χ4n) is 1.68. The van der Waals surface area contributed by atoms with Gasteiger partial charge < -0.3 is 15.4 Å². The van der Waals surface area contributed by atoms with Crippen molar-refractivity contribution < 1.29 is 4.74 Å². The highest BCUT2D eigenvalue weighted by molar-refractivity contribution is 5.40. The van der Waals surface area contributed by atoms with Gasteiger partial charge in [0.2, 0.25) is 0 Å². The topological polar surface area (TPSA) is 51.4 Å². The summed E-state index contributed by atoms with van der Waals surface area (Å²) in [7, 11) is 2.10. The maximum atomic E-state index is 5.74. The van der Waals surface area contributed by atoms with Gasteiger partial charge in [0.1, 0.15) is 11.9 Å². The van der Waals surface area contributed by atoms with Crippen molar-refractivity contribution in [1.29, 1.82) is 0 Å². The zero-order valence-electron chi connectivity index (χ0n) is 8.31. The lowest BCUT2D eigenvalue weighted by Crippen LogP contribution is -2.21. The van der Waals surface area contributed by atoms with Crippen molar-refractivity contribution in [2.75, 3.05) is 25.9 Å². The summed E-state index contributed by atoms with van der Waals surface area (Å²) < 4.78 is 5.74. The monoisotopic (exact) mass is 193 g/mol. The first kappa shape index (κ1) is 9.27. The highest BCUT2D eigenvalue weighted by Crippen LogP contribution is 2.18. The Morgan fingerprint density at radius 2 is 2.43 bits per heavy atom. The van der Waals surface area contributed by atoms with Gasteiger partial charge in [0.25, 0.3) is 0 Å². The smallest absolute Gasteiger partial charge is 0.140 e. The van der Waals surface area contributed by atoms with Gasteiger partial charge in [0.15, 0.2) is 0 Å². The molecule has 0 amide bonds. The Balaban J connectivity index is 1.97. The molecule has 1 unspecified atom stereocenters. The minimum atomic E-state index is 0.281. The average Bonchev–Trinajstić information content (AvgIpc) is 2.51. The van der Waals surface area contributed by atoms with Crippen molar-refractivity contribution >= 4 is 5.69 Å². The summed E-state index contributed by atoms with van der Waals surface area (Å²) in [6.45, 7) is 2.08. The van der Waals surface area contributed by atoms with Crippen LogP contribution < -0.4 is 10.5 Å². The number of ether oxygens (including phenoxy) is 1. The Hall–Kier alpha value is -1.29. The van der Waals surface area contributed by atoms with Crippen molar-refractivity contribution in [3.05, 3.63) is 18.5 Å². The summed E-state index contributed by atoms with van der Waals surface area (Å²) in [5.74, 6) is 0.769. The van der Waals surface area contributed by atoms with Gasteiger partial charge in [-0.15, -0.1) is 0 Å². The van der Waals surface area contributed by atoms with Crippen molar-refractivity contribution in [2.24, 2.45) is 0 Å². The number of pyridine rings is 1. The molecule has 1 aromatic rings. The van der Waals surface area contributed by atoms with Gasteiger partial charge in [-0.2, -0.15) is 0 Å². The molecule has 76 valence electrons. The van der Waals surface area contributed by atoms with E-state index in [0.29, 0.717) is 5.69 Å². The van der Waals surface area contributed by atoms with E-state index in [0.717, 1.165) is 25.3 Å². The number of likely N-dealkylation sites (tertiary alicyclic amines) is 1. The number of anilines is 1. The van der Waals surface area contributed by atoms with Gasteiger partial charge in [-0.25, -0.2) is 0 Å². The minimum Gasteiger partial charge on any atom is -0.487 e. The molecule has 1 aliphatic heterocycles. The molecule has 2 N–H and O–H groups in total. The van der Waals surface area contributed by atoms with Crippen LogP contribution in [0.25, 0.3) is 0 Å². The molecule has 2 heterocycles. The second-order valence-electron chi connectivity index (χ2n) is 3.74. The minimum absolute atomic E-state index is 0.281. The summed E-state index contributed by atoms with van der Waals surface area (Å²) >= 11 is 0. The van der Waals surface area contributed by atoms with Gasteiger partial charge in [0.05, 0.1) is 18.1 Å². The van der Waals surface area contributed by atoms with E-state index in [1.54, 1.807) is 12.4 Å². The number of aromatic nitrogens is 1. The van der Waals surface area contributed by atoms with E-state index in [1.807, 2.05) is 6.07 Å². The number of hydrogen-bond acceptors (Lipinski definition) is 4. The van der Waals surface area contributed by atoms with E-state index in [4.69, 9.17) is 10.5 Å². The molecule has 14 heavy (non-hydrogen) atoms. The quantitative estimate of drug-likeness (QED) is 0.753. The molecule has 1 saturated heterocycles. The Morgan fingerprint density at radius 3 is 3.07 bits per heavy atom. The number of hydrogen-bond donors (Lipinski definition) is 1. The van der Waals surface area contributed by atoms with Gasteiger partial charge in [-0.05, 0) is 13.5 Å². The summed E-state index contributed by atoms with van der Waals surface area (Å²) in [5.41, 5.74) is 6.25. The van der Waals surface area contributed by atoms with E-state index < -0.39 is 0 Å². The first-order chi connectivity index (χ1) is 6.74. The molecule has 1 fully saturated rings. The molecule has 0 spiro atoms. The summed E-state index contributed by atoms with van der Waals surface area (Å²) in [5, 5.41) is 0. The molecule has 1 aliphatic rings. The first-order valence-electron chi connectivity index (χ1n) is 4.80. The maximum Gasteiger partial charge on any atom is 0.140 e. The van der Waals surface area contributed by atoms with E-state index in [1.165, 1.54) is 0 Å². The zero-order valence-corrected chi connectivity index (χ0v) is 8.31. The number of nitrogens with two attached hydrogens (primary N) is 1. The molecule has 0 aliphatic carbocycles. The standard InChI is InChI=1S/C10H15N3O/c1-13-3-2-9(7-13)14-10-4-8(11)5-12-6-10/h4-6,9H,2-3,7,11H2,1H3. The molecule has 0 radical (unpaired) electrons. The van der Waals surface area contributed by atoms with Crippen LogP contribution in [-0.4, -0.2) is 36.1 Å². The number of nitrogens with zero attached hydrogens (tertiary/aromatic N) is 2. The van der Waals surface area contributed by atoms with Crippen LogP contribution in [0.15, 0.2) is 18.5 Å². The summed E-state index contributed by atoms with van der Waals surface area (Å²) in [6, 6.07) is 1.81. The fourth-order valence-corrected chi connectivity index (χ4v) is 1.68. The molecule has 0 saturated carbocycles. The maximum absolute atomic E-state index is 5.74. The van der Waals surface area contributed by atoms with Crippen molar-refractivity contribution in [3.8, 4) is 5.75 Å². The van der Waals surface area contributed by atoms with Crippen molar-refractivity contribution in [1.82, 2.24) is 9.88 Å². The highest BCUT2D eigenvalue weighted by Gasteiger charge is 2.20. The highest BCUT2D eigenvalue weighted by atomic mass is 16.5. The molecule has 0 bridgehead atoms. The largest absolute Gasteiger partial charge is 0.487 e. The lowest BCUT2D eigenvalue weighted by molar-refractivity contribution is 0.207. The Labute approximate surface area is 83.7 Å². The normalized spacial score (nSPS) is 22.5. The first-order valence-corrected chi connectivity index (χ1v) is 4.80. The van der Waals surface area contributed by atoms with Gasteiger partial charge >= 0.3 is 0 Å². The molecular formula is C10H15N3O. The van der Waals surface area contributed by atoms with Gasteiger partial charge in [-0.1, -0.05) is 0 Å². The van der Waals surface area contributed by atoms with E-state index >= 15 is 0 Å². The Morgan fingerprint density at radius 1 is 1.57 bits per heavy atom. The lowest BCUT2D eigenvalue weighted by Gasteiger charge is -2.13. The van der Waals surface area contributed by atoms with Crippen LogP contribution in [-0.2, 0) is 0 Å². The molecule has 2 rings (SSSR count). The molecule has 0 aromatic carbocycles. The Kier molecular flexibility index (Phi) is 2.54. The molecule has 4 nitrogen and oxygen atoms in total. The predicted molar refractivity (Wildman–Crippen MR) is 55.2 cm³/mol. The van der Waals surface area contributed by atoms with Crippen LogP contribution in [0.4, 0.5) is 5.69 Å². The van der Waals surface area contributed by atoms with Crippen LogP contribution in [0.1, 0.15) is 6.42 Å². The van der Waals surface area contributed by atoms with Crippen molar-refractivity contribution in [2.45, 2.75) is 12.5 Å². The lowest BCUT2D eigenvalue weighted by atomic mass is 10.3. The third-order valence-corrected chi connectivity index (χ3v) is 2.39. The predicted octanol–water partition coefficient (Wildman–Crippen LogP) is 0.747. The summed E-state index contributed by atoms with van der Waals surface area (Å²) in [4.78, 5) is 6.24. The van der Waals surface area contributed by atoms with E-state index in [9.17, 15) is 0 Å². The average molecular weight is 193 g/mol. The Bertz CT molecular complexity index is 316. The molecular weight excluding hydrogens is 178 g/mol. The number of nitrogen functional groups attached to an aromatic ring is 1. The van der Waals surface area contributed by atoms with Crippen LogP contribution in [0.2, 0.25) is 0 Å². The second kappa shape index (κ2) is 3.84. The second-order valence-corrected chi connectivity index (χ2v) is 3.74. The molecule has 1 aromatic heterocycles. The van der Waals surface area contributed by atoms with Crippen LogP contribution in [0.3, 0.4) is 0 Å². The third kappa shape index (κ3) is 2.14. The third-order valence-electron chi connectivity index (χ3n) is 2.39. The van der Waals surface area contributed by atoms with Crippen LogP contribution >= 0.6 is 0 Å². The van der Waals surface area contributed by atoms with Gasteiger partial charge in [-0.3, -0.25) is 4.98 Å².